The lowest BCUT2D eigenvalue weighted by atomic mass is 10.1. The van der Waals surface area contributed by atoms with E-state index in [2.05, 4.69) is 0 Å². The summed E-state index contributed by atoms with van der Waals surface area (Å²) in [4.78, 5) is 34.9. The van der Waals surface area contributed by atoms with Crippen LogP contribution >= 0.6 is 0 Å². The van der Waals surface area contributed by atoms with Crippen molar-refractivity contribution in [2.75, 3.05) is 0 Å². The van der Waals surface area contributed by atoms with Crippen LogP contribution in [0.4, 0.5) is 0 Å². The highest BCUT2D eigenvalue weighted by Gasteiger charge is 2.20. The van der Waals surface area contributed by atoms with E-state index in [0.717, 1.165) is 5.56 Å². The van der Waals surface area contributed by atoms with E-state index >= 15 is 0 Å². The summed E-state index contributed by atoms with van der Waals surface area (Å²) in [5, 5.41) is 9.00. The minimum absolute atomic E-state index is 0.0107. The molecule has 0 saturated carbocycles. The number of carboxylic acids is 1. The van der Waals surface area contributed by atoms with Gasteiger partial charge in [0.1, 0.15) is 6.10 Å². The van der Waals surface area contributed by atoms with Gasteiger partial charge in [0.15, 0.2) is 5.78 Å². The summed E-state index contributed by atoms with van der Waals surface area (Å²) in [5.74, 6) is -1.85. The highest BCUT2D eigenvalue weighted by Crippen LogP contribution is 2.22. The zero-order valence-corrected chi connectivity index (χ0v) is 14.2. The average Bonchev–Trinajstić information content (AvgIpc) is 2.65. The zero-order valence-electron chi connectivity index (χ0n) is 14.2. The number of rotatable bonds is 9. The summed E-state index contributed by atoms with van der Waals surface area (Å²) in [6, 6.07) is 18.1. The molecule has 0 aromatic heterocycles. The second-order valence-electron chi connectivity index (χ2n) is 5.70. The van der Waals surface area contributed by atoms with Gasteiger partial charge in [0.2, 0.25) is 0 Å². The van der Waals surface area contributed by atoms with Crippen molar-refractivity contribution in [3.05, 3.63) is 77.9 Å². The lowest BCUT2D eigenvalue weighted by Gasteiger charge is -2.16. The Labute approximate surface area is 151 Å². The largest absolute Gasteiger partial charge is 0.481 e. The standard InChI is InChI=1S/C21H20O5/c22-18(12-11-16-7-3-1-4-8-16)13-14-21(25)26-19(15-20(23)24)17-9-5-2-6-10-17/h1-12,19H,13-15H2,(H,23,24)/t19-/m1/s1. The Kier molecular flexibility index (Phi) is 7.31. The second kappa shape index (κ2) is 9.93. The summed E-state index contributed by atoms with van der Waals surface area (Å²) in [5.41, 5.74) is 1.51. The monoisotopic (exact) mass is 352 g/mol. The molecule has 5 nitrogen and oxygen atoms in total. The third-order valence-electron chi connectivity index (χ3n) is 3.64. The number of benzene rings is 2. The lowest BCUT2D eigenvalue weighted by molar-refractivity contribution is -0.154. The molecule has 2 rings (SSSR count). The maximum atomic E-state index is 12.0. The highest BCUT2D eigenvalue weighted by atomic mass is 16.5. The fourth-order valence-corrected chi connectivity index (χ4v) is 2.33. The van der Waals surface area contributed by atoms with E-state index in [-0.39, 0.29) is 25.0 Å². The first-order chi connectivity index (χ1) is 12.5. The normalized spacial score (nSPS) is 11.8. The number of carboxylic acid groups (broad SMARTS) is 1. The molecule has 0 radical (unpaired) electrons. The predicted octanol–water partition coefficient (Wildman–Crippen LogP) is 3.81. The van der Waals surface area contributed by atoms with Crippen LogP contribution in [0.2, 0.25) is 0 Å². The van der Waals surface area contributed by atoms with Crippen LogP contribution in [0.25, 0.3) is 6.08 Å². The van der Waals surface area contributed by atoms with E-state index in [1.165, 1.54) is 6.08 Å². The van der Waals surface area contributed by atoms with Crippen molar-refractivity contribution < 1.29 is 24.2 Å². The van der Waals surface area contributed by atoms with Crippen LogP contribution < -0.4 is 0 Å². The number of aliphatic carboxylic acids is 1. The van der Waals surface area contributed by atoms with Gasteiger partial charge < -0.3 is 9.84 Å². The van der Waals surface area contributed by atoms with Crippen LogP contribution in [-0.2, 0) is 19.1 Å². The Morgan fingerprint density at radius 2 is 1.54 bits per heavy atom. The van der Waals surface area contributed by atoms with Gasteiger partial charge in [-0.2, -0.15) is 0 Å². The third kappa shape index (κ3) is 6.73. The van der Waals surface area contributed by atoms with Crippen LogP contribution in [0, 0.1) is 0 Å². The van der Waals surface area contributed by atoms with Crippen LogP contribution in [-0.4, -0.2) is 22.8 Å². The van der Waals surface area contributed by atoms with Gasteiger partial charge >= 0.3 is 11.9 Å². The molecule has 0 aliphatic heterocycles. The Bertz CT molecular complexity index is 766. The van der Waals surface area contributed by atoms with Gasteiger partial charge in [-0.3, -0.25) is 14.4 Å². The fourth-order valence-electron chi connectivity index (χ4n) is 2.33. The smallest absolute Gasteiger partial charge is 0.307 e. The molecule has 0 spiro atoms. The van der Waals surface area contributed by atoms with E-state index < -0.39 is 18.0 Å². The van der Waals surface area contributed by atoms with E-state index in [1.54, 1.807) is 36.4 Å². The number of ether oxygens (including phenoxy) is 1. The van der Waals surface area contributed by atoms with Crippen molar-refractivity contribution >= 4 is 23.8 Å². The number of esters is 1. The summed E-state index contributed by atoms with van der Waals surface area (Å²) in [7, 11) is 0. The number of hydrogen-bond donors (Lipinski definition) is 1. The van der Waals surface area contributed by atoms with Crippen molar-refractivity contribution in [1.29, 1.82) is 0 Å². The van der Waals surface area contributed by atoms with Crippen LogP contribution in [0.5, 0.6) is 0 Å². The summed E-state index contributed by atoms with van der Waals surface area (Å²) in [6.07, 6.45) is 1.84. The van der Waals surface area contributed by atoms with Crippen molar-refractivity contribution in [1.82, 2.24) is 0 Å². The molecule has 0 bridgehead atoms. The van der Waals surface area contributed by atoms with Gasteiger partial charge in [-0.1, -0.05) is 66.7 Å². The number of ketones is 1. The summed E-state index contributed by atoms with van der Waals surface area (Å²) < 4.78 is 5.26. The first-order valence-corrected chi connectivity index (χ1v) is 8.27. The Morgan fingerprint density at radius 1 is 0.923 bits per heavy atom. The zero-order chi connectivity index (χ0) is 18.8. The molecule has 0 fully saturated rings. The molecular weight excluding hydrogens is 332 g/mol. The Hall–Kier alpha value is -3.21. The third-order valence-corrected chi connectivity index (χ3v) is 3.64. The van der Waals surface area contributed by atoms with Gasteiger partial charge in [0, 0.05) is 6.42 Å². The van der Waals surface area contributed by atoms with Gasteiger partial charge in [-0.05, 0) is 17.2 Å². The van der Waals surface area contributed by atoms with Gasteiger partial charge in [-0.15, -0.1) is 0 Å². The molecule has 0 saturated heterocycles. The number of carbonyl (C=O) groups excluding carboxylic acids is 2. The Morgan fingerprint density at radius 3 is 2.15 bits per heavy atom. The van der Waals surface area contributed by atoms with Crippen molar-refractivity contribution in [2.24, 2.45) is 0 Å². The van der Waals surface area contributed by atoms with E-state index in [4.69, 9.17) is 9.84 Å². The molecule has 134 valence electrons. The van der Waals surface area contributed by atoms with Crippen LogP contribution in [0.15, 0.2) is 66.7 Å². The minimum atomic E-state index is -1.06. The predicted molar refractivity (Wildman–Crippen MR) is 97.2 cm³/mol. The Balaban J connectivity index is 1.86. The second-order valence-corrected chi connectivity index (χ2v) is 5.70. The minimum Gasteiger partial charge on any atom is -0.481 e. The molecule has 0 aliphatic rings. The highest BCUT2D eigenvalue weighted by molar-refractivity contribution is 5.95. The molecular formula is C21H20O5. The van der Waals surface area contributed by atoms with Gasteiger partial charge in [-0.25, -0.2) is 0 Å². The average molecular weight is 352 g/mol. The van der Waals surface area contributed by atoms with E-state index in [9.17, 15) is 14.4 Å². The molecule has 1 N–H and O–H groups in total. The molecule has 0 unspecified atom stereocenters. The molecule has 1 atom stereocenters. The van der Waals surface area contributed by atoms with Crippen molar-refractivity contribution in [2.45, 2.75) is 25.4 Å². The number of hydrogen-bond acceptors (Lipinski definition) is 4. The maximum absolute atomic E-state index is 12.0. The van der Waals surface area contributed by atoms with Crippen molar-refractivity contribution in [3.8, 4) is 0 Å². The first kappa shape index (κ1) is 19.1. The molecule has 2 aromatic carbocycles. The molecule has 2 aromatic rings. The first-order valence-electron chi connectivity index (χ1n) is 8.27. The molecule has 0 heterocycles. The number of allylic oxidation sites excluding steroid dienone is 1. The van der Waals surface area contributed by atoms with Crippen LogP contribution in [0.1, 0.15) is 36.5 Å². The van der Waals surface area contributed by atoms with Crippen molar-refractivity contribution in [3.63, 3.8) is 0 Å². The quantitative estimate of drug-likeness (QED) is 0.548. The number of carbonyl (C=O) groups is 3. The summed E-state index contributed by atoms with van der Waals surface area (Å²) >= 11 is 0. The van der Waals surface area contributed by atoms with Gasteiger partial charge in [0.05, 0.1) is 12.8 Å². The summed E-state index contributed by atoms with van der Waals surface area (Å²) in [6.45, 7) is 0. The fraction of sp³-hybridized carbons (Fsp3) is 0.190. The molecule has 26 heavy (non-hydrogen) atoms. The van der Waals surface area contributed by atoms with E-state index in [1.807, 2.05) is 30.3 Å². The molecule has 0 aliphatic carbocycles. The van der Waals surface area contributed by atoms with Crippen LogP contribution in [0.3, 0.4) is 0 Å². The topological polar surface area (TPSA) is 80.7 Å². The maximum Gasteiger partial charge on any atom is 0.307 e. The van der Waals surface area contributed by atoms with Gasteiger partial charge in [0.25, 0.3) is 0 Å². The SMILES string of the molecule is O=C(O)C[C@@H](OC(=O)CCC(=O)C=Cc1ccccc1)c1ccccc1. The lowest BCUT2D eigenvalue weighted by Crippen LogP contribution is -2.15. The molecule has 5 heteroatoms. The van der Waals surface area contributed by atoms with E-state index in [0.29, 0.717) is 5.56 Å². The molecule has 0 amide bonds.